The van der Waals surface area contributed by atoms with Crippen molar-refractivity contribution in [3.63, 3.8) is 0 Å². The molecule has 3 atom stereocenters. The molecule has 0 saturated carbocycles. The zero-order chi connectivity index (χ0) is 11.1. The van der Waals surface area contributed by atoms with Gasteiger partial charge in [-0.2, -0.15) is 11.8 Å². The van der Waals surface area contributed by atoms with Crippen molar-refractivity contribution < 1.29 is 9.90 Å². The summed E-state index contributed by atoms with van der Waals surface area (Å²) >= 11 is 1.97. The molecule has 0 aromatic rings. The Morgan fingerprint density at radius 1 is 1.67 bits per heavy atom. The minimum Gasteiger partial charge on any atom is -0.480 e. The first-order valence-electron chi connectivity index (χ1n) is 5.41. The summed E-state index contributed by atoms with van der Waals surface area (Å²) in [4.78, 5) is 13.3. The normalized spacial score (nSPS) is 42.3. The minimum absolute atomic E-state index is 0.512. The van der Waals surface area contributed by atoms with Crippen LogP contribution in [0, 0.1) is 0 Å². The second-order valence-corrected chi connectivity index (χ2v) is 6.10. The predicted molar refractivity (Wildman–Crippen MR) is 61.1 cm³/mol. The SMILES string of the molecule is CC1SCCC1N1CCC(N)(C(=O)O)C1. The fraction of sp³-hybridized carbons (Fsp3) is 0.900. The van der Waals surface area contributed by atoms with Crippen molar-refractivity contribution in [2.75, 3.05) is 18.8 Å². The van der Waals surface area contributed by atoms with Crippen LogP contribution in [0.4, 0.5) is 0 Å². The van der Waals surface area contributed by atoms with Crippen LogP contribution >= 0.6 is 11.8 Å². The number of thioether (sulfide) groups is 1. The van der Waals surface area contributed by atoms with Gasteiger partial charge in [0.15, 0.2) is 0 Å². The van der Waals surface area contributed by atoms with Crippen molar-refractivity contribution in [1.29, 1.82) is 0 Å². The largest absolute Gasteiger partial charge is 0.480 e. The number of hydrogen-bond acceptors (Lipinski definition) is 4. The van der Waals surface area contributed by atoms with E-state index in [1.807, 2.05) is 11.8 Å². The lowest BCUT2D eigenvalue weighted by Crippen LogP contribution is -2.51. The van der Waals surface area contributed by atoms with Gasteiger partial charge < -0.3 is 10.8 Å². The molecule has 0 aromatic heterocycles. The predicted octanol–water partition coefficient (Wildman–Crippen LogP) is 0.368. The van der Waals surface area contributed by atoms with Crippen LogP contribution in [-0.4, -0.2) is 51.6 Å². The van der Waals surface area contributed by atoms with E-state index in [4.69, 9.17) is 10.8 Å². The van der Waals surface area contributed by atoms with E-state index in [-0.39, 0.29) is 0 Å². The van der Waals surface area contributed by atoms with Crippen LogP contribution in [0.15, 0.2) is 0 Å². The van der Waals surface area contributed by atoms with Gasteiger partial charge in [-0.1, -0.05) is 6.92 Å². The van der Waals surface area contributed by atoms with Gasteiger partial charge in [0.2, 0.25) is 0 Å². The first-order chi connectivity index (χ1) is 7.03. The van der Waals surface area contributed by atoms with Crippen LogP contribution in [0.5, 0.6) is 0 Å². The van der Waals surface area contributed by atoms with E-state index in [1.165, 1.54) is 12.2 Å². The number of likely N-dealkylation sites (tertiary alicyclic amines) is 1. The maximum absolute atomic E-state index is 11.0. The summed E-state index contributed by atoms with van der Waals surface area (Å²) in [6, 6.07) is 0.528. The summed E-state index contributed by atoms with van der Waals surface area (Å²) in [6.07, 6.45) is 1.75. The molecule has 86 valence electrons. The van der Waals surface area contributed by atoms with Gasteiger partial charge in [-0.15, -0.1) is 0 Å². The van der Waals surface area contributed by atoms with Gasteiger partial charge in [0.25, 0.3) is 0 Å². The maximum Gasteiger partial charge on any atom is 0.325 e. The number of rotatable bonds is 2. The number of carboxylic acid groups (broad SMARTS) is 1. The fourth-order valence-electron chi connectivity index (χ4n) is 2.52. The Labute approximate surface area is 94.2 Å². The van der Waals surface area contributed by atoms with Crippen LogP contribution in [-0.2, 0) is 4.79 Å². The molecule has 2 aliphatic rings. The molecule has 2 saturated heterocycles. The van der Waals surface area contributed by atoms with Crippen molar-refractivity contribution in [1.82, 2.24) is 4.90 Å². The van der Waals surface area contributed by atoms with Crippen LogP contribution < -0.4 is 5.73 Å². The first-order valence-corrected chi connectivity index (χ1v) is 6.46. The summed E-state index contributed by atoms with van der Waals surface area (Å²) in [6.45, 7) is 3.57. The minimum atomic E-state index is -1.01. The third kappa shape index (κ3) is 2.00. The Morgan fingerprint density at radius 3 is 2.87 bits per heavy atom. The second-order valence-electron chi connectivity index (χ2n) is 4.61. The summed E-state index contributed by atoms with van der Waals surface area (Å²) < 4.78 is 0. The van der Waals surface area contributed by atoms with Crippen molar-refractivity contribution in [3.8, 4) is 0 Å². The first kappa shape index (κ1) is 11.2. The van der Waals surface area contributed by atoms with Crippen molar-refractivity contribution >= 4 is 17.7 Å². The molecule has 4 nitrogen and oxygen atoms in total. The summed E-state index contributed by atoms with van der Waals surface area (Å²) in [5.74, 6) is 0.329. The van der Waals surface area contributed by atoms with Gasteiger partial charge in [0, 0.05) is 24.4 Å². The lowest BCUT2D eigenvalue weighted by atomic mass is 10.0. The van der Waals surface area contributed by atoms with E-state index in [1.54, 1.807) is 0 Å². The fourth-order valence-corrected chi connectivity index (χ4v) is 3.80. The lowest BCUT2D eigenvalue weighted by Gasteiger charge is -2.28. The van der Waals surface area contributed by atoms with Gasteiger partial charge in [-0.25, -0.2) is 0 Å². The summed E-state index contributed by atoms with van der Waals surface area (Å²) in [5.41, 5.74) is 4.85. The highest BCUT2D eigenvalue weighted by atomic mass is 32.2. The molecule has 0 aromatic carbocycles. The molecule has 5 heteroatoms. The maximum atomic E-state index is 11.0. The van der Waals surface area contributed by atoms with Crippen molar-refractivity contribution in [3.05, 3.63) is 0 Å². The van der Waals surface area contributed by atoms with Gasteiger partial charge >= 0.3 is 5.97 Å². The molecular formula is C10H18N2O2S. The molecule has 0 aliphatic carbocycles. The van der Waals surface area contributed by atoms with Crippen LogP contribution in [0.25, 0.3) is 0 Å². The Hall–Kier alpha value is -0.260. The van der Waals surface area contributed by atoms with Gasteiger partial charge in [-0.3, -0.25) is 9.69 Å². The van der Waals surface area contributed by atoms with E-state index in [0.717, 1.165) is 6.54 Å². The number of carbonyl (C=O) groups is 1. The van der Waals surface area contributed by atoms with Gasteiger partial charge in [0.05, 0.1) is 0 Å². The smallest absolute Gasteiger partial charge is 0.325 e. The molecule has 2 aliphatic heterocycles. The number of nitrogens with two attached hydrogens (primary N) is 1. The Kier molecular flexibility index (Phi) is 2.96. The number of aliphatic carboxylic acids is 1. The molecule has 2 heterocycles. The molecule has 2 rings (SSSR count). The number of carboxylic acids is 1. The highest BCUT2D eigenvalue weighted by Gasteiger charge is 2.44. The monoisotopic (exact) mass is 230 g/mol. The molecule has 2 fully saturated rings. The zero-order valence-corrected chi connectivity index (χ0v) is 9.80. The van der Waals surface area contributed by atoms with Crippen LogP contribution in [0.1, 0.15) is 19.8 Å². The highest BCUT2D eigenvalue weighted by molar-refractivity contribution is 8.00. The Bertz CT molecular complexity index is 274. The third-order valence-electron chi connectivity index (χ3n) is 3.56. The molecule has 0 bridgehead atoms. The van der Waals surface area contributed by atoms with Crippen LogP contribution in [0.3, 0.4) is 0 Å². The Balaban J connectivity index is 2.00. The highest BCUT2D eigenvalue weighted by Crippen LogP contribution is 2.33. The third-order valence-corrected chi connectivity index (χ3v) is 4.87. The average Bonchev–Trinajstić information content (AvgIpc) is 2.73. The standard InChI is InChI=1S/C10H18N2O2S/c1-7-8(2-5-15-7)12-4-3-10(11,6-12)9(13)14/h7-8H,2-6,11H2,1H3,(H,13,14). The van der Waals surface area contributed by atoms with Crippen molar-refractivity contribution in [2.45, 2.75) is 36.6 Å². The molecule has 15 heavy (non-hydrogen) atoms. The summed E-state index contributed by atoms with van der Waals surface area (Å²) in [7, 11) is 0. The lowest BCUT2D eigenvalue weighted by molar-refractivity contribution is -0.142. The molecule has 0 amide bonds. The molecular weight excluding hydrogens is 212 g/mol. The van der Waals surface area contributed by atoms with E-state index >= 15 is 0 Å². The van der Waals surface area contributed by atoms with Crippen molar-refractivity contribution in [2.24, 2.45) is 5.73 Å². The number of hydrogen-bond donors (Lipinski definition) is 2. The second kappa shape index (κ2) is 3.96. The summed E-state index contributed by atoms with van der Waals surface area (Å²) in [5, 5.41) is 9.65. The van der Waals surface area contributed by atoms with E-state index < -0.39 is 11.5 Å². The average molecular weight is 230 g/mol. The Morgan fingerprint density at radius 2 is 2.40 bits per heavy atom. The molecule has 0 radical (unpaired) electrons. The van der Waals surface area contributed by atoms with E-state index in [2.05, 4.69) is 11.8 Å². The topological polar surface area (TPSA) is 66.6 Å². The van der Waals surface area contributed by atoms with E-state index in [0.29, 0.717) is 24.3 Å². The number of nitrogens with zero attached hydrogens (tertiary/aromatic N) is 1. The molecule has 3 N–H and O–H groups in total. The zero-order valence-electron chi connectivity index (χ0n) is 8.98. The molecule has 3 unspecified atom stereocenters. The van der Waals surface area contributed by atoms with Gasteiger partial charge in [-0.05, 0) is 18.6 Å². The van der Waals surface area contributed by atoms with E-state index in [9.17, 15) is 4.79 Å². The molecule has 0 spiro atoms. The van der Waals surface area contributed by atoms with Gasteiger partial charge in [0.1, 0.15) is 5.54 Å². The van der Waals surface area contributed by atoms with Crippen LogP contribution in [0.2, 0.25) is 0 Å². The quantitative estimate of drug-likeness (QED) is 0.717.